The van der Waals surface area contributed by atoms with Crippen LogP contribution < -0.4 is 4.74 Å². The van der Waals surface area contributed by atoms with Crippen molar-refractivity contribution in [3.63, 3.8) is 0 Å². The van der Waals surface area contributed by atoms with Crippen LogP contribution in [0.5, 0.6) is 5.75 Å². The van der Waals surface area contributed by atoms with Crippen LogP contribution in [0.4, 0.5) is 5.69 Å². The molecule has 4 nitrogen and oxygen atoms in total. The molecule has 0 aliphatic rings. The smallest absolute Gasteiger partial charge is 0.269 e. The molecular weight excluding hydrogens is 250 g/mol. The number of nitrogens with zero attached hydrogens (tertiary/aromatic N) is 1. The lowest BCUT2D eigenvalue weighted by atomic mass is 10.3. The van der Waals surface area contributed by atoms with Gasteiger partial charge in [0.15, 0.2) is 0 Å². The quantitative estimate of drug-likeness (QED) is 0.356. The van der Waals surface area contributed by atoms with Gasteiger partial charge in [-0.05, 0) is 24.3 Å². The van der Waals surface area contributed by atoms with E-state index in [1.165, 1.54) is 12.1 Å². The molecule has 2 aromatic rings. The monoisotopic (exact) mass is 261 g/mol. The predicted molar refractivity (Wildman–Crippen MR) is 70.9 cm³/mol. The van der Waals surface area contributed by atoms with E-state index < -0.39 is 4.92 Å². The highest BCUT2D eigenvalue weighted by atomic mass is 32.2. The van der Waals surface area contributed by atoms with Crippen LogP contribution in [0.2, 0.25) is 0 Å². The normalized spacial score (nSPS) is 10.0. The summed E-state index contributed by atoms with van der Waals surface area (Å²) in [5, 5.41) is 10.5. The first-order valence-electron chi connectivity index (χ1n) is 5.31. The summed E-state index contributed by atoms with van der Waals surface area (Å²) in [6.07, 6.45) is 0. The van der Waals surface area contributed by atoms with Gasteiger partial charge >= 0.3 is 0 Å². The van der Waals surface area contributed by atoms with Gasteiger partial charge in [-0.25, -0.2) is 0 Å². The van der Waals surface area contributed by atoms with E-state index in [4.69, 9.17) is 4.74 Å². The highest BCUT2D eigenvalue weighted by molar-refractivity contribution is 7.99. The summed E-state index contributed by atoms with van der Waals surface area (Å²) in [4.78, 5) is 11.2. The average Bonchev–Trinajstić information content (AvgIpc) is 2.40. The Morgan fingerprint density at radius 1 is 1.06 bits per heavy atom. The fourth-order valence-electron chi connectivity index (χ4n) is 1.35. The first-order chi connectivity index (χ1) is 8.75. The highest BCUT2D eigenvalue weighted by Gasteiger charge is 2.04. The van der Waals surface area contributed by atoms with Crippen molar-refractivity contribution in [2.45, 2.75) is 4.90 Å². The maximum absolute atomic E-state index is 10.5. The number of rotatable bonds is 5. The highest BCUT2D eigenvalue weighted by Crippen LogP contribution is 2.21. The lowest BCUT2D eigenvalue weighted by molar-refractivity contribution is -0.384. The molecule has 0 saturated carbocycles. The second-order valence-corrected chi connectivity index (χ2v) is 4.47. The molecule has 0 radical (unpaired) electrons. The summed E-state index contributed by atoms with van der Waals surface area (Å²) in [7, 11) is 0. The van der Waals surface area contributed by atoms with E-state index in [1.807, 2.05) is 30.3 Å². The fourth-order valence-corrected chi connectivity index (χ4v) is 2.03. The van der Waals surface area contributed by atoms with Crippen LogP contribution in [0.25, 0.3) is 0 Å². The van der Waals surface area contributed by atoms with Crippen LogP contribution in [0.1, 0.15) is 0 Å². The van der Waals surface area contributed by atoms with Crippen LogP contribution in [-0.2, 0) is 0 Å². The second-order valence-electron chi connectivity index (χ2n) is 3.47. The van der Waals surface area contributed by atoms with Crippen molar-refractivity contribution in [1.82, 2.24) is 0 Å². The molecule has 92 valence electrons. The first kappa shape index (κ1) is 12.4. The number of benzene rings is 2. The summed E-state index contributed by atoms with van der Waals surface area (Å²) in [5.41, 5.74) is 0.0677. The summed E-state index contributed by atoms with van der Waals surface area (Å²) in [6.45, 7) is 0. The molecule has 0 aliphatic heterocycles. The number of nitro groups is 1. The number of hydrogen-bond acceptors (Lipinski definition) is 4. The van der Waals surface area contributed by atoms with E-state index in [1.54, 1.807) is 23.9 Å². The zero-order chi connectivity index (χ0) is 12.8. The van der Waals surface area contributed by atoms with E-state index in [0.717, 1.165) is 4.90 Å². The van der Waals surface area contributed by atoms with Crippen LogP contribution in [-0.4, -0.2) is 10.9 Å². The van der Waals surface area contributed by atoms with Gasteiger partial charge in [-0.1, -0.05) is 30.0 Å². The van der Waals surface area contributed by atoms with E-state index >= 15 is 0 Å². The van der Waals surface area contributed by atoms with Gasteiger partial charge in [-0.15, -0.1) is 0 Å². The van der Waals surface area contributed by atoms with Gasteiger partial charge in [0.2, 0.25) is 0 Å². The minimum atomic E-state index is -0.428. The maximum Gasteiger partial charge on any atom is 0.269 e. The molecule has 0 saturated heterocycles. The second kappa shape index (κ2) is 6.07. The van der Waals surface area contributed by atoms with Gasteiger partial charge in [-0.3, -0.25) is 10.1 Å². The Hall–Kier alpha value is -2.01. The Balaban J connectivity index is 1.85. The van der Waals surface area contributed by atoms with E-state index in [-0.39, 0.29) is 5.69 Å². The van der Waals surface area contributed by atoms with Crippen LogP contribution in [0.3, 0.4) is 0 Å². The van der Waals surface area contributed by atoms with Gasteiger partial charge in [0.1, 0.15) is 11.7 Å². The molecule has 0 spiro atoms. The minimum absolute atomic E-state index is 0.0677. The van der Waals surface area contributed by atoms with Gasteiger partial charge in [-0.2, -0.15) is 0 Å². The summed E-state index contributed by atoms with van der Waals surface area (Å²) < 4.78 is 5.49. The molecule has 2 aromatic carbocycles. The Morgan fingerprint density at radius 2 is 1.72 bits per heavy atom. The van der Waals surface area contributed by atoms with Gasteiger partial charge < -0.3 is 4.74 Å². The van der Waals surface area contributed by atoms with Crippen molar-refractivity contribution in [3.8, 4) is 5.75 Å². The van der Waals surface area contributed by atoms with Gasteiger partial charge in [0, 0.05) is 17.0 Å². The van der Waals surface area contributed by atoms with Crippen molar-refractivity contribution in [2.24, 2.45) is 0 Å². The average molecular weight is 261 g/mol. The van der Waals surface area contributed by atoms with E-state index in [2.05, 4.69) is 0 Å². The Labute approximate surface area is 109 Å². The Morgan fingerprint density at radius 3 is 2.33 bits per heavy atom. The molecule has 0 aromatic heterocycles. The number of non-ortho nitro benzene ring substituents is 1. The number of thioether (sulfide) groups is 1. The van der Waals surface area contributed by atoms with Crippen LogP contribution in [0, 0.1) is 10.1 Å². The zero-order valence-electron chi connectivity index (χ0n) is 9.48. The lowest BCUT2D eigenvalue weighted by Gasteiger charge is -2.05. The molecule has 0 atom stereocenters. The molecule has 0 aliphatic carbocycles. The summed E-state index contributed by atoms with van der Waals surface area (Å²) in [6, 6.07) is 16.0. The molecule has 0 bridgehead atoms. The van der Waals surface area contributed by atoms with Crippen LogP contribution in [0.15, 0.2) is 59.5 Å². The van der Waals surface area contributed by atoms with Crippen molar-refractivity contribution in [3.05, 3.63) is 64.7 Å². The molecular formula is C13H11NO3S. The molecule has 18 heavy (non-hydrogen) atoms. The summed E-state index contributed by atoms with van der Waals surface area (Å²) in [5.74, 6) is 1.10. The molecule has 5 heteroatoms. The van der Waals surface area contributed by atoms with Gasteiger partial charge in [0.05, 0.1) is 4.92 Å². The number of nitro benzene ring substituents is 1. The molecule has 0 fully saturated rings. The van der Waals surface area contributed by atoms with E-state index in [0.29, 0.717) is 11.7 Å². The summed E-state index contributed by atoms with van der Waals surface area (Å²) >= 11 is 1.57. The molecule has 2 rings (SSSR count). The van der Waals surface area contributed by atoms with Gasteiger partial charge in [0.25, 0.3) is 5.69 Å². The Kier molecular flexibility index (Phi) is 4.20. The fraction of sp³-hybridized carbons (Fsp3) is 0.0769. The zero-order valence-corrected chi connectivity index (χ0v) is 10.3. The molecule has 0 amide bonds. The third kappa shape index (κ3) is 3.49. The molecule has 0 heterocycles. The topological polar surface area (TPSA) is 52.4 Å². The van der Waals surface area contributed by atoms with Crippen LogP contribution >= 0.6 is 11.8 Å². The first-order valence-corrected chi connectivity index (χ1v) is 6.29. The standard InChI is InChI=1S/C13H11NO3S/c15-14(16)11-6-8-12(9-7-11)17-10-18-13-4-2-1-3-5-13/h1-9H,10H2. The third-order valence-corrected chi connectivity index (χ3v) is 3.08. The SMILES string of the molecule is O=[N+]([O-])c1ccc(OCSc2ccccc2)cc1. The molecule has 0 unspecified atom stereocenters. The number of ether oxygens (including phenoxy) is 1. The lowest BCUT2D eigenvalue weighted by Crippen LogP contribution is -1.93. The maximum atomic E-state index is 10.5. The van der Waals surface area contributed by atoms with Crippen molar-refractivity contribution < 1.29 is 9.66 Å². The van der Waals surface area contributed by atoms with E-state index in [9.17, 15) is 10.1 Å². The minimum Gasteiger partial charge on any atom is -0.483 e. The molecule has 0 N–H and O–H groups in total. The number of hydrogen-bond donors (Lipinski definition) is 0. The largest absolute Gasteiger partial charge is 0.483 e. The third-order valence-electron chi connectivity index (χ3n) is 2.24. The van der Waals surface area contributed by atoms with Crippen molar-refractivity contribution in [1.29, 1.82) is 0 Å². The van der Waals surface area contributed by atoms with Crippen molar-refractivity contribution in [2.75, 3.05) is 5.94 Å². The predicted octanol–water partition coefficient (Wildman–Crippen LogP) is 3.72. The Bertz CT molecular complexity index is 514. The van der Waals surface area contributed by atoms with Crippen molar-refractivity contribution >= 4 is 17.4 Å².